The molecule has 0 aromatic heterocycles. The number of nitrogens with zero attached hydrogens (tertiary/aromatic N) is 1. The summed E-state index contributed by atoms with van der Waals surface area (Å²) >= 11 is 0. The summed E-state index contributed by atoms with van der Waals surface area (Å²) in [7, 11) is 0. The van der Waals surface area contributed by atoms with Gasteiger partial charge < -0.3 is 15.3 Å². The van der Waals surface area contributed by atoms with Gasteiger partial charge in [-0.1, -0.05) is 19.8 Å². The van der Waals surface area contributed by atoms with Crippen molar-refractivity contribution in [1.29, 1.82) is 0 Å². The van der Waals surface area contributed by atoms with Gasteiger partial charge in [0.05, 0.1) is 0 Å². The lowest BCUT2D eigenvalue weighted by molar-refractivity contribution is -0.144. The molecule has 1 unspecified atom stereocenters. The average Bonchev–Trinajstić information content (AvgIpc) is 3.18. The van der Waals surface area contributed by atoms with Crippen molar-refractivity contribution in [3.05, 3.63) is 0 Å². The van der Waals surface area contributed by atoms with E-state index in [1.165, 1.54) is 0 Å². The molecule has 2 amide bonds. The van der Waals surface area contributed by atoms with Crippen molar-refractivity contribution < 1.29 is 19.5 Å². The summed E-state index contributed by atoms with van der Waals surface area (Å²) in [5.41, 5.74) is 0. The summed E-state index contributed by atoms with van der Waals surface area (Å²) in [6.07, 6.45) is 5.34. The van der Waals surface area contributed by atoms with Crippen LogP contribution in [0, 0.1) is 5.92 Å². The van der Waals surface area contributed by atoms with Gasteiger partial charge in [0, 0.05) is 12.5 Å². The zero-order valence-corrected chi connectivity index (χ0v) is 12.5. The molecule has 0 bridgehead atoms. The molecule has 2 aliphatic rings. The number of aliphatic carboxylic acids is 1. The molecule has 0 spiro atoms. The lowest BCUT2D eigenvalue weighted by Crippen LogP contribution is -2.51. The van der Waals surface area contributed by atoms with Gasteiger partial charge in [-0.25, -0.2) is 4.79 Å². The number of hydrogen-bond donors (Lipinski definition) is 2. The molecule has 21 heavy (non-hydrogen) atoms. The maximum absolute atomic E-state index is 12.3. The van der Waals surface area contributed by atoms with Crippen molar-refractivity contribution in [1.82, 2.24) is 10.2 Å². The molecule has 1 saturated heterocycles. The van der Waals surface area contributed by atoms with Crippen LogP contribution in [0.4, 0.5) is 0 Å². The quantitative estimate of drug-likeness (QED) is 0.738. The topological polar surface area (TPSA) is 86.7 Å². The molecule has 118 valence electrons. The Morgan fingerprint density at radius 2 is 2.00 bits per heavy atom. The minimum absolute atomic E-state index is 0.0630. The van der Waals surface area contributed by atoms with E-state index in [0.29, 0.717) is 19.4 Å². The maximum Gasteiger partial charge on any atom is 0.326 e. The van der Waals surface area contributed by atoms with Crippen LogP contribution in [-0.2, 0) is 14.4 Å². The van der Waals surface area contributed by atoms with Gasteiger partial charge in [0.25, 0.3) is 0 Å². The van der Waals surface area contributed by atoms with Crippen molar-refractivity contribution in [2.75, 3.05) is 6.54 Å². The molecule has 1 saturated carbocycles. The van der Waals surface area contributed by atoms with Gasteiger partial charge in [0.2, 0.25) is 11.8 Å². The molecule has 2 rings (SSSR count). The van der Waals surface area contributed by atoms with Crippen molar-refractivity contribution in [2.24, 2.45) is 5.92 Å². The number of carbonyl (C=O) groups is 3. The number of carbonyl (C=O) groups excluding carboxylic acids is 2. The van der Waals surface area contributed by atoms with Crippen LogP contribution in [0.5, 0.6) is 0 Å². The average molecular weight is 296 g/mol. The first-order chi connectivity index (χ1) is 10.0. The van der Waals surface area contributed by atoms with Crippen LogP contribution in [0.15, 0.2) is 0 Å². The van der Waals surface area contributed by atoms with Crippen molar-refractivity contribution in [2.45, 2.75) is 64.0 Å². The van der Waals surface area contributed by atoms with E-state index in [4.69, 9.17) is 5.11 Å². The Bertz CT molecular complexity index is 420. The van der Waals surface area contributed by atoms with Gasteiger partial charge in [-0.15, -0.1) is 0 Å². The van der Waals surface area contributed by atoms with Gasteiger partial charge in [0.15, 0.2) is 0 Å². The Morgan fingerprint density at radius 1 is 1.29 bits per heavy atom. The SMILES string of the molecule is CCCC[C@H](NC(=O)C1CCCN1C(=O)C1CC1)C(=O)O. The fraction of sp³-hybridized carbons (Fsp3) is 0.800. The van der Waals surface area contributed by atoms with E-state index in [0.717, 1.165) is 32.1 Å². The first kappa shape index (κ1) is 15.8. The molecular weight excluding hydrogens is 272 g/mol. The van der Waals surface area contributed by atoms with E-state index in [-0.39, 0.29) is 17.7 Å². The second kappa shape index (κ2) is 6.91. The fourth-order valence-electron chi connectivity index (χ4n) is 2.80. The highest BCUT2D eigenvalue weighted by molar-refractivity contribution is 5.92. The molecule has 6 heteroatoms. The zero-order chi connectivity index (χ0) is 15.4. The molecule has 0 aromatic rings. The Kier molecular flexibility index (Phi) is 5.20. The maximum atomic E-state index is 12.3. The van der Waals surface area contributed by atoms with Crippen molar-refractivity contribution >= 4 is 17.8 Å². The number of carboxylic acid groups (broad SMARTS) is 1. The highest BCUT2D eigenvalue weighted by Crippen LogP contribution is 2.33. The van der Waals surface area contributed by atoms with E-state index in [1.807, 2.05) is 6.92 Å². The summed E-state index contributed by atoms with van der Waals surface area (Å²) in [5, 5.41) is 11.8. The van der Waals surface area contributed by atoms with Crippen LogP contribution < -0.4 is 5.32 Å². The second-order valence-electron chi connectivity index (χ2n) is 6.01. The van der Waals surface area contributed by atoms with E-state index in [1.54, 1.807) is 4.90 Å². The predicted octanol–water partition coefficient (Wildman–Crippen LogP) is 1.15. The smallest absolute Gasteiger partial charge is 0.326 e. The Labute approximate surface area is 124 Å². The van der Waals surface area contributed by atoms with E-state index < -0.39 is 18.1 Å². The van der Waals surface area contributed by atoms with Crippen LogP contribution >= 0.6 is 0 Å². The lowest BCUT2D eigenvalue weighted by atomic mass is 10.1. The van der Waals surface area contributed by atoms with Crippen molar-refractivity contribution in [3.8, 4) is 0 Å². The van der Waals surface area contributed by atoms with Gasteiger partial charge in [0.1, 0.15) is 12.1 Å². The standard InChI is InChI=1S/C15H24N2O4/c1-2-3-5-11(15(20)21)16-13(18)12-6-4-9-17(12)14(19)10-7-8-10/h10-12H,2-9H2,1H3,(H,16,18)(H,20,21)/t11-,12?/m0/s1. The fourth-order valence-corrected chi connectivity index (χ4v) is 2.80. The molecule has 1 heterocycles. The third-order valence-corrected chi connectivity index (χ3v) is 4.23. The summed E-state index contributed by atoms with van der Waals surface area (Å²) in [6.45, 7) is 2.59. The molecule has 2 N–H and O–H groups in total. The van der Waals surface area contributed by atoms with E-state index in [2.05, 4.69) is 5.32 Å². The third kappa shape index (κ3) is 3.95. The monoisotopic (exact) mass is 296 g/mol. The summed E-state index contributed by atoms with van der Waals surface area (Å²) < 4.78 is 0. The van der Waals surface area contributed by atoms with E-state index in [9.17, 15) is 14.4 Å². The van der Waals surface area contributed by atoms with Crippen LogP contribution in [0.2, 0.25) is 0 Å². The van der Waals surface area contributed by atoms with Gasteiger partial charge in [-0.3, -0.25) is 9.59 Å². The Morgan fingerprint density at radius 3 is 2.57 bits per heavy atom. The number of nitrogens with one attached hydrogen (secondary N) is 1. The minimum atomic E-state index is -1.00. The number of amides is 2. The van der Waals surface area contributed by atoms with Crippen LogP contribution in [-0.4, -0.2) is 46.4 Å². The summed E-state index contributed by atoms with van der Waals surface area (Å²) in [4.78, 5) is 37.3. The molecule has 0 radical (unpaired) electrons. The number of likely N-dealkylation sites (tertiary alicyclic amines) is 1. The van der Waals surface area contributed by atoms with Gasteiger partial charge in [-0.2, -0.15) is 0 Å². The highest BCUT2D eigenvalue weighted by atomic mass is 16.4. The van der Waals surface area contributed by atoms with Crippen molar-refractivity contribution in [3.63, 3.8) is 0 Å². The normalized spacial score (nSPS) is 22.9. The number of carboxylic acids is 1. The largest absolute Gasteiger partial charge is 0.480 e. The van der Waals surface area contributed by atoms with Crippen LogP contribution in [0.3, 0.4) is 0 Å². The first-order valence-corrected chi connectivity index (χ1v) is 7.88. The zero-order valence-electron chi connectivity index (χ0n) is 12.5. The first-order valence-electron chi connectivity index (χ1n) is 7.88. The van der Waals surface area contributed by atoms with Gasteiger partial charge >= 0.3 is 5.97 Å². The predicted molar refractivity (Wildman–Crippen MR) is 76.6 cm³/mol. The molecule has 6 nitrogen and oxygen atoms in total. The molecule has 1 aliphatic carbocycles. The van der Waals surface area contributed by atoms with E-state index >= 15 is 0 Å². The number of unbranched alkanes of at least 4 members (excludes halogenated alkanes) is 1. The molecule has 0 aromatic carbocycles. The number of hydrogen-bond acceptors (Lipinski definition) is 3. The van der Waals surface area contributed by atoms with Crippen LogP contribution in [0.1, 0.15) is 51.9 Å². The second-order valence-corrected chi connectivity index (χ2v) is 6.01. The Balaban J connectivity index is 1.93. The molecule has 2 fully saturated rings. The van der Waals surface area contributed by atoms with Crippen LogP contribution in [0.25, 0.3) is 0 Å². The molecular formula is C15H24N2O4. The minimum Gasteiger partial charge on any atom is -0.480 e. The summed E-state index contributed by atoms with van der Waals surface area (Å²) in [5.74, 6) is -1.17. The third-order valence-electron chi connectivity index (χ3n) is 4.23. The lowest BCUT2D eigenvalue weighted by Gasteiger charge is -2.25. The number of rotatable bonds is 7. The van der Waals surface area contributed by atoms with Gasteiger partial charge in [-0.05, 0) is 32.1 Å². The molecule has 2 atom stereocenters. The summed E-state index contributed by atoms with van der Waals surface area (Å²) in [6, 6.07) is -1.34. The molecule has 1 aliphatic heterocycles. The Hall–Kier alpha value is -1.59. The highest BCUT2D eigenvalue weighted by Gasteiger charge is 2.41.